The molecule has 0 aliphatic rings. The van der Waals surface area contributed by atoms with Gasteiger partial charge in [0.05, 0.1) is 47.7 Å². The lowest BCUT2D eigenvalue weighted by atomic mass is 10.2. The number of rotatable bonds is 10. The maximum Gasteiger partial charge on any atom is 0.332 e. The summed E-state index contributed by atoms with van der Waals surface area (Å²) in [6.45, 7) is 8.54. The molecule has 2 heterocycles. The summed E-state index contributed by atoms with van der Waals surface area (Å²) in [6.07, 6.45) is 0.106. The molecule has 2 aromatic heterocycles. The van der Waals surface area contributed by atoms with Crippen LogP contribution in [0.25, 0.3) is 11.0 Å². The lowest BCUT2D eigenvalue weighted by Crippen LogP contribution is -2.20. The van der Waals surface area contributed by atoms with Crippen LogP contribution in [0, 0.1) is 18.3 Å². The molecule has 0 bridgehead atoms. The summed E-state index contributed by atoms with van der Waals surface area (Å²) in [5.74, 6) is -0.0801. The molecule has 3 rings (SSSR count). The zero-order valence-electron chi connectivity index (χ0n) is 18.7. The van der Waals surface area contributed by atoms with Crippen molar-refractivity contribution in [2.24, 2.45) is 0 Å². The van der Waals surface area contributed by atoms with Crippen LogP contribution in [0.1, 0.15) is 42.5 Å². The molecule has 1 amide bonds. The van der Waals surface area contributed by atoms with Crippen LogP contribution >= 0.6 is 7.60 Å². The molecular weight excluding hydrogens is 431 g/mol. The van der Waals surface area contributed by atoms with Crippen LogP contribution in [0.4, 0.5) is 5.95 Å². The summed E-state index contributed by atoms with van der Waals surface area (Å²) in [5, 5.41) is 16.4. The van der Waals surface area contributed by atoms with Crippen LogP contribution in [0.3, 0.4) is 0 Å². The second-order valence-electron chi connectivity index (χ2n) is 7.01. The molecule has 1 aromatic carbocycles. The van der Waals surface area contributed by atoms with Gasteiger partial charge >= 0.3 is 7.60 Å². The Hall–Kier alpha value is -2.99. The van der Waals surface area contributed by atoms with E-state index in [1.54, 1.807) is 47.4 Å². The topological polar surface area (TPSA) is 124 Å². The average Bonchev–Trinajstić information content (AvgIpc) is 3.31. The van der Waals surface area contributed by atoms with E-state index in [0.717, 1.165) is 5.69 Å². The Balaban J connectivity index is 1.98. The molecule has 0 aliphatic heterocycles. The monoisotopic (exact) mass is 458 g/mol. The molecule has 0 unspecified atom stereocenters. The number of anilines is 1. The molecule has 1 N–H and O–H groups in total. The second kappa shape index (κ2) is 10.1. The zero-order chi connectivity index (χ0) is 23.3. The van der Waals surface area contributed by atoms with Gasteiger partial charge in [0.2, 0.25) is 5.95 Å². The van der Waals surface area contributed by atoms with Crippen LogP contribution in [-0.2, 0) is 26.7 Å². The van der Waals surface area contributed by atoms with Gasteiger partial charge in [0, 0.05) is 13.1 Å². The van der Waals surface area contributed by atoms with Gasteiger partial charge in [0.25, 0.3) is 5.91 Å². The van der Waals surface area contributed by atoms with Crippen molar-refractivity contribution >= 4 is 30.5 Å². The molecule has 170 valence electrons. The first-order valence-corrected chi connectivity index (χ1v) is 12.2. The number of hydrogen-bond donors (Lipinski definition) is 1. The number of nitrogens with zero attached hydrogens (tertiary/aromatic N) is 5. The normalized spacial score (nSPS) is 11.6. The molecule has 32 heavy (non-hydrogen) atoms. The molecule has 0 spiro atoms. The van der Waals surface area contributed by atoms with E-state index in [0.29, 0.717) is 28.8 Å². The number of nitrogens with one attached hydrogen (secondary N) is 1. The number of aryl methyl sites for hydroxylation is 3. The third-order valence-electron chi connectivity index (χ3n) is 4.79. The zero-order valence-corrected chi connectivity index (χ0v) is 19.6. The fraction of sp³-hybridized carbons (Fsp3) is 0.429. The molecule has 0 fully saturated rings. The third-order valence-corrected chi connectivity index (χ3v) is 6.84. The van der Waals surface area contributed by atoms with Crippen molar-refractivity contribution in [3.63, 3.8) is 0 Å². The lowest BCUT2D eigenvalue weighted by molar-refractivity contribution is 0.101. The Kier molecular flexibility index (Phi) is 7.46. The van der Waals surface area contributed by atoms with Gasteiger partial charge in [-0.2, -0.15) is 10.4 Å². The van der Waals surface area contributed by atoms with Gasteiger partial charge in [0.1, 0.15) is 5.69 Å². The predicted octanol–water partition coefficient (Wildman–Crippen LogP) is 3.95. The van der Waals surface area contributed by atoms with E-state index < -0.39 is 7.60 Å². The van der Waals surface area contributed by atoms with Gasteiger partial charge in [-0.25, -0.2) is 4.98 Å². The molecule has 11 heteroatoms. The van der Waals surface area contributed by atoms with E-state index in [2.05, 4.69) is 21.5 Å². The highest BCUT2D eigenvalue weighted by atomic mass is 31.2. The SMILES string of the molecule is CCOP(=O)(CCn1c(NC(=O)c2cc(C)nn2CC)nc2cc(C#N)ccc21)OCC. The van der Waals surface area contributed by atoms with Crippen molar-refractivity contribution in [2.45, 2.75) is 40.8 Å². The number of carbonyl (C=O) groups is 1. The van der Waals surface area contributed by atoms with Crippen molar-refractivity contribution in [3.05, 3.63) is 41.2 Å². The summed E-state index contributed by atoms with van der Waals surface area (Å²) in [7, 11) is -3.30. The van der Waals surface area contributed by atoms with Crippen molar-refractivity contribution in [3.8, 4) is 6.07 Å². The number of imidazole rings is 1. The minimum Gasteiger partial charge on any atom is -0.309 e. The van der Waals surface area contributed by atoms with E-state index >= 15 is 0 Å². The van der Waals surface area contributed by atoms with Gasteiger partial charge < -0.3 is 13.6 Å². The first-order valence-electron chi connectivity index (χ1n) is 10.5. The lowest BCUT2D eigenvalue weighted by Gasteiger charge is -2.18. The molecule has 0 aliphatic carbocycles. The van der Waals surface area contributed by atoms with E-state index in [9.17, 15) is 14.6 Å². The minimum atomic E-state index is -3.30. The average molecular weight is 458 g/mol. The highest BCUT2D eigenvalue weighted by molar-refractivity contribution is 7.53. The molecule has 0 atom stereocenters. The number of amides is 1. The summed E-state index contributed by atoms with van der Waals surface area (Å²) < 4.78 is 27.1. The fourth-order valence-corrected chi connectivity index (χ4v) is 5.00. The maximum atomic E-state index is 13.0. The number of hydrogen-bond acceptors (Lipinski definition) is 7. The molecule has 0 saturated heterocycles. The van der Waals surface area contributed by atoms with E-state index in [1.165, 1.54) is 0 Å². The number of nitriles is 1. The Morgan fingerprint density at radius 2 is 1.94 bits per heavy atom. The van der Waals surface area contributed by atoms with Crippen molar-refractivity contribution < 1.29 is 18.4 Å². The second-order valence-corrected chi connectivity index (χ2v) is 9.20. The van der Waals surface area contributed by atoms with Crippen molar-refractivity contribution in [1.29, 1.82) is 5.26 Å². The minimum absolute atomic E-state index is 0.106. The Labute approximate surface area is 186 Å². The molecule has 0 radical (unpaired) electrons. The predicted molar refractivity (Wildman–Crippen MR) is 121 cm³/mol. The van der Waals surface area contributed by atoms with Crippen molar-refractivity contribution in [1.82, 2.24) is 19.3 Å². The summed E-state index contributed by atoms with van der Waals surface area (Å²) in [5.41, 5.74) is 2.84. The fourth-order valence-electron chi connectivity index (χ4n) is 3.44. The quantitative estimate of drug-likeness (QED) is 0.456. The van der Waals surface area contributed by atoms with Crippen molar-refractivity contribution in [2.75, 3.05) is 24.7 Å². The van der Waals surface area contributed by atoms with Crippen LogP contribution in [0.2, 0.25) is 0 Å². The first-order chi connectivity index (χ1) is 15.3. The van der Waals surface area contributed by atoms with E-state index in [1.807, 2.05) is 13.8 Å². The van der Waals surface area contributed by atoms with Gasteiger partial charge in [-0.05, 0) is 52.0 Å². The Bertz CT molecular complexity index is 1200. The van der Waals surface area contributed by atoms with Crippen LogP contribution in [0.5, 0.6) is 0 Å². The summed E-state index contributed by atoms with van der Waals surface area (Å²) >= 11 is 0. The highest BCUT2D eigenvalue weighted by Gasteiger charge is 2.25. The van der Waals surface area contributed by atoms with Gasteiger partial charge in [-0.3, -0.25) is 19.4 Å². The van der Waals surface area contributed by atoms with E-state index in [4.69, 9.17) is 9.05 Å². The number of fused-ring (bicyclic) bond motifs is 1. The van der Waals surface area contributed by atoms with E-state index in [-0.39, 0.29) is 37.8 Å². The molecule has 0 saturated carbocycles. The van der Waals surface area contributed by atoms with Gasteiger partial charge in [-0.1, -0.05) is 0 Å². The van der Waals surface area contributed by atoms with Gasteiger partial charge in [-0.15, -0.1) is 0 Å². The first kappa shape index (κ1) is 23.7. The van der Waals surface area contributed by atoms with Crippen LogP contribution in [0.15, 0.2) is 24.3 Å². The molecule has 10 nitrogen and oxygen atoms in total. The Morgan fingerprint density at radius 1 is 1.22 bits per heavy atom. The highest BCUT2D eigenvalue weighted by Crippen LogP contribution is 2.48. The number of benzene rings is 1. The molecule has 3 aromatic rings. The number of aromatic nitrogens is 4. The molecular formula is C21H27N6O4P. The third kappa shape index (κ3) is 5.07. The largest absolute Gasteiger partial charge is 0.332 e. The van der Waals surface area contributed by atoms with Crippen LogP contribution in [-0.4, -0.2) is 44.6 Å². The van der Waals surface area contributed by atoms with Gasteiger partial charge in [0.15, 0.2) is 0 Å². The summed E-state index contributed by atoms with van der Waals surface area (Å²) in [4.78, 5) is 17.5. The van der Waals surface area contributed by atoms with Crippen LogP contribution < -0.4 is 5.32 Å². The Morgan fingerprint density at radius 3 is 2.56 bits per heavy atom. The standard InChI is InChI=1S/C21H27N6O4P/c1-5-27-19(12-15(4)25-27)20(28)24-21-23-17-13-16(14-22)8-9-18(17)26(21)10-11-32(29,30-6-2)31-7-3/h8-9,12-13H,5-7,10-11H2,1-4H3,(H,23,24,28). The maximum absolute atomic E-state index is 13.0. The smallest absolute Gasteiger partial charge is 0.309 e. The number of carbonyl (C=O) groups excluding carboxylic acids is 1. The summed E-state index contributed by atoms with van der Waals surface area (Å²) in [6, 6.07) is 8.87.